The number of hydrogen-bond acceptors (Lipinski definition) is 2. The molecule has 19 heavy (non-hydrogen) atoms. The third-order valence-corrected chi connectivity index (χ3v) is 4.45. The lowest BCUT2D eigenvalue weighted by Gasteiger charge is -2.23. The third kappa shape index (κ3) is 3.43. The highest BCUT2D eigenvalue weighted by Crippen LogP contribution is 2.30. The Morgan fingerprint density at radius 1 is 1.21 bits per heavy atom. The summed E-state index contributed by atoms with van der Waals surface area (Å²) in [5.41, 5.74) is 3.74. The van der Waals surface area contributed by atoms with Gasteiger partial charge < -0.3 is 0 Å². The van der Waals surface area contributed by atoms with Gasteiger partial charge in [-0.05, 0) is 49.3 Å². The lowest BCUT2D eigenvalue weighted by atomic mass is 9.81. The van der Waals surface area contributed by atoms with Gasteiger partial charge in [0.25, 0.3) is 0 Å². The Hall–Kier alpha value is -1.18. The first-order valence-electron chi connectivity index (χ1n) is 7.53. The molecule has 1 aliphatic rings. The van der Waals surface area contributed by atoms with Crippen LogP contribution in [0.1, 0.15) is 68.1 Å². The number of Topliss-reactive ketones (excluding diaryl/α,β-unsaturated/α-hetero) is 1. The minimum Gasteiger partial charge on any atom is -0.299 e. The van der Waals surface area contributed by atoms with Crippen LogP contribution in [0, 0.1) is 19.8 Å². The molecule has 2 nitrogen and oxygen atoms in total. The van der Waals surface area contributed by atoms with E-state index in [4.69, 9.17) is 0 Å². The number of ketones is 1. The van der Waals surface area contributed by atoms with E-state index in [1.807, 2.05) is 12.4 Å². The summed E-state index contributed by atoms with van der Waals surface area (Å²) < 4.78 is 0. The van der Waals surface area contributed by atoms with Gasteiger partial charge in [0.1, 0.15) is 5.78 Å². The number of aromatic nitrogens is 1. The molecule has 1 atom stereocenters. The fourth-order valence-electron chi connectivity index (χ4n) is 3.48. The Balaban J connectivity index is 2.04. The quantitative estimate of drug-likeness (QED) is 0.805. The lowest BCUT2D eigenvalue weighted by molar-refractivity contribution is -0.124. The summed E-state index contributed by atoms with van der Waals surface area (Å²) in [6.45, 7) is 6.36. The molecular weight excluding hydrogens is 234 g/mol. The van der Waals surface area contributed by atoms with Crippen molar-refractivity contribution in [2.24, 2.45) is 5.92 Å². The van der Waals surface area contributed by atoms with E-state index in [0.29, 0.717) is 24.0 Å². The molecule has 1 saturated carbocycles. The van der Waals surface area contributed by atoms with Gasteiger partial charge in [-0.15, -0.1) is 0 Å². The van der Waals surface area contributed by atoms with Gasteiger partial charge in [-0.1, -0.05) is 26.2 Å². The van der Waals surface area contributed by atoms with Crippen LogP contribution in [-0.2, 0) is 4.79 Å². The summed E-state index contributed by atoms with van der Waals surface area (Å²) in [5.74, 6) is 1.12. The molecule has 1 fully saturated rings. The van der Waals surface area contributed by atoms with Crippen LogP contribution < -0.4 is 0 Å². The topological polar surface area (TPSA) is 30.0 Å². The van der Waals surface area contributed by atoms with Crippen molar-refractivity contribution in [2.75, 3.05) is 0 Å². The molecule has 0 amide bonds. The Bertz CT molecular complexity index is 426. The molecule has 0 saturated heterocycles. The van der Waals surface area contributed by atoms with Crippen molar-refractivity contribution in [2.45, 2.75) is 65.2 Å². The number of pyridine rings is 1. The van der Waals surface area contributed by atoms with Crippen molar-refractivity contribution in [3.63, 3.8) is 0 Å². The van der Waals surface area contributed by atoms with Gasteiger partial charge in [0.15, 0.2) is 0 Å². The zero-order chi connectivity index (χ0) is 13.8. The zero-order valence-corrected chi connectivity index (χ0v) is 12.4. The van der Waals surface area contributed by atoms with Gasteiger partial charge in [-0.3, -0.25) is 9.78 Å². The minimum atomic E-state index is 0.317. The fraction of sp³-hybridized carbons (Fsp3) is 0.647. The standard InChI is InChI=1S/C17H25NO/c1-12(17-13(2)10-18-11-14(17)3)9-16(19)15-7-5-4-6-8-15/h10-12,15H,4-9H2,1-3H3. The van der Waals surface area contributed by atoms with Crippen LogP contribution in [0.25, 0.3) is 0 Å². The zero-order valence-electron chi connectivity index (χ0n) is 12.4. The average molecular weight is 259 g/mol. The van der Waals surface area contributed by atoms with E-state index in [1.54, 1.807) is 0 Å². The summed E-state index contributed by atoms with van der Waals surface area (Å²) in [6, 6.07) is 0. The Morgan fingerprint density at radius 3 is 2.37 bits per heavy atom. The SMILES string of the molecule is Cc1cncc(C)c1C(C)CC(=O)C1CCCCC1. The van der Waals surface area contributed by atoms with Gasteiger partial charge in [-0.25, -0.2) is 0 Å². The smallest absolute Gasteiger partial charge is 0.136 e. The maximum atomic E-state index is 12.4. The molecule has 0 radical (unpaired) electrons. The predicted molar refractivity (Wildman–Crippen MR) is 78.3 cm³/mol. The number of rotatable bonds is 4. The van der Waals surface area contributed by atoms with Crippen LogP contribution in [0.15, 0.2) is 12.4 Å². The van der Waals surface area contributed by atoms with Crippen molar-refractivity contribution >= 4 is 5.78 Å². The van der Waals surface area contributed by atoms with Crippen LogP contribution in [-0.4, -0.2) is 10.8 Å². The molecule has 2 heteroatoms. The number of aryl methyl sites for hydroxylation is 2. The molecule has 1 aromatic heterocycles. The highest BCUT2D eigenvalue weighted by molar-refractivity contribution is 5.82. The maximum Gasteiger partial charge on any atom is 0.136 e. The van der Waals surface area contributed by atoms with Gasteiger partial charge >= 0.3 is 0 Å². The van der Waals surface area contributed by atoms with Gasteiger partial charge in [0.2, 0.25) is 0 Å². The molecule has 1 aliphatic carbocycles. The highest BCUT2D eigenvalue weighted by Gasteiger charge is 2.24. The first kappa shape index (κ1) is 14.2. The van der Waals surface area contributed by atoms with Crippen LogP contribution in [0.2, 0.25) is 0 Å². The summed E-state index contributed by atoms with van der Waals surface area (Å²) in [5, 5.41) is 0. The van der Waals surface area contributed by atoms with Crippen molar-refractivity contribution in [1.29, 1.82) is 0 Å². The van der Waals surface area contributed by atoms with Crippen LogP contribution in [0.3, 0.4) is 0 Å². The largest absolute Gasteiger partial charge is 0.299 e. The molecule has 104 valence electrons. The van der Waals surface area contributed by atoms with E-state index in [1.165, 1.54) is 36.0 Å². The Kier molecular flexibility index (Phi) is 4.73. The predicted octanol–water partition coefficient (Wildman–Crippen LogP) is 4.34. The molecule has 0 spiro atoms. The second-order valence-corrected chi connectivity index (χ2v) is 6.09. The highest BCUT2D eigenvalue weighted by atomic mass is 16.1. The van der Waals surface area contributed by atoms with Crippen molar-refractivity contribution < 1.29 is 4.79 Å². The molecule has 0 aliphatic heterocycles. The molecule has 1 unspecified atom stereocenters. The monoisotopic (exact) mass is 259 g/mol. The molecule has 0 aromatic carbocycles. The number of carbonyl (C=O) groups excluding carboxylic acids is 1. The van der Waals surface area contributed by atoms with Crippen LogP contribution in [0.5, 0.6) is 0 Å². The summed E-state index contributed by atoms with van der Waals surface area (Å²) in [4.78, 5) is 16.6. The van der Waals surface area contributed by atoms with Gasteiger partial charge in [0.05, 0.1) is 0 Å². The molecule has 1 aromatic rings. The average Bonchev–Trinajstić information content (AvgIpc) is 2.39. The van der Waals surface area contributed by atoms with Crippen LogP contribution >= 0.6 is 0 Å². The van der Waals surface area contributed by atoms with Crippen molar-refractivity contribution in [1.82, 2.24) is 4.98 Å². The number of hydrogen-bond donors (Lipinski definition) is 0. The van der Waals surface area contributed by atoms with E-state index in [2.05, 4.69) is 25.8 Å². The number of nitrogens with zero attached hydrogens (tertiary/aromatic N) is 1. The summed E-state index contributed by atoms with van der Waals surface area (Å²) >= 11 is 0. The summed E-state index contributed by atoms with van der Waals surface area (Å²) in [7, 11) is 0. The first-order valence-corrected chi connectivity index (χ1v) is 7.53. The molecule has 2 rings (SSSR count). The van der Waals surface area contributed by atoms with E-state index in [0.717, 1.165) is 12.8 Å². The first-order chi connectivity index (χ1) is 9.09. The summed E-state index contributed by atoms with van der Waals surface area (Å²) in [6.07, 6.45) is 10.5. The maximum absolute atomic E-state index is 12.4. The second kappa shape index (κ2) is 6.31. The molecular formula is C17H25NO. The van der Waals surface area contributed by atoms with E-state index >= 15 is 0 Å². The second-order valence-electron chi connectivity index (χ2n) is 6.09. The van der Waals surface area contributed by atoms with Crippen LogP contribution in [0.4, 0.5) is 0 Å². The lowest BCUT2D eigenvalue weighted by Crippen LogP contribution is -2.19. The molecule has 0 bridgehead atoms. The van der Waals surface area contributed by atoms with E-state index in [9.17, 15) is 4.79 Å². The van der Waals surface area contributed by atoms with Crippen molar-refractivity contribution in [3.8, 4) is 0 Å². The fourth-order valence-corrected chi connectivity index (χ4v) is 3.48. The normalized spacial score (nSPS) is 18.3. The molecule has 1 heterocycles. The number of carbonyl (C=O) groups is 1. The Morgan fingerprint density at radius 2 is 1.79 bits per heavy atom. The van der Waals surface area contributed by atoms with Crippen molar-refractivity contribution in [3.05, 3.63) is 29.1 Å². The minimum absolute atomic E-state index is 0.317. The molecule has 0 N–H and O–H groups in total. The van der Waals surface area contributed by atoms with Gasteiger partial charge in [0, 0.05) is 24.7 Å². The third-order valence-electron chi connectivity index (χ3n) is 4.45. The van der Waals surface area contributed by atoms with E-state index < -0.39 is 0 Å². The Labute approximate surface area is 116 Å². The van der Waals surface area contributed by atoms with E-state index in [-0.39, 0.29) is 0 Å². The van der Waals surface area contributed by atoms with Gasteiger partial charge in [-0.2, -0.15) is 0 Å².